The van der Waals surface area contributed by atoms with E-state index >= 15 is 0 Å². The summed E-state index contributed by atoms with van der Waals surface area (Å²) in [5.41, 5.74) is 7.70. The topological polar surface area (TPSA) is 54.7 Å². The van der Waals surface area contributed by atoms with Gasteiger partial charge < -0.3 is 5.73 Å². The first-order chi connectivity index (χ1) is 6.70. The third-order valence-electron chi connectivity index (χ3n) is 1.89. The highest BCUT2D eigenvalue weighted by molar-refractivity contribution is 6.43. The van der Waals surface area contributed by atoms with E-state index in [4.69, 9.17) is 28.9 Å². The van der Waals surface area contributed by atoms with Crippen molar-refractivity contribution < 1.29 is 0 Å². The van der Waals surface area contributed by atoms with E-state index in [-0.39, 0.29) is 0 Å². The number of rotatable bonds is 1. The van der Waals surface area contributed by atoms with E-state index in [1.54, 1.807) is 6.07 Å². The minimum Gasteiger partial charge on any atom is -0.396 e. The Balaban J connectivity index is 2.63. The Morgan fingerprint density at radius 1 is 1.29 bits per heavy atom. The van der Waals surface area contributed by atoms with E-state index in [9.17, 15) is 0 Å². The molecule has 2 rings (SSSR count). The molecule has 1 aromatic carbocycles. The molecule has 3 N–H and O–H groups in total. The molecule has 0 aliphatic rings. The fourth-order valence-electron chi connectivity index (χ4n) is 1.21. The molecule has 1 heterocycles. The number of H-pyrrole nitrogens is 1. The molecule has 0 radical (unpaired) electrons. The van der Waals surface area contributed by atoms with Crippen LogP contribution < -0.4 is 5.73 Å². The number of aromatic nitrogens is 2. The fourth-order valence-corrected chi connectivity index (χ4v) is 1.60. The average Bonchev–Trinajstić information content (AvgIpc) is 2.57. The zero-order chi connectivity index (χ0) is 10.1. The lowest BCUT2D eigenvalue weighted by Gasteiger charge is -2.03. The van der Waals surface area contributed by atoms with Gasteiger partial charge in [0.25, 0.3) is 0 Å². The van der Waals surface area contributed by atoms with Gasteiger partial charge >= 0.3 is 0 Å². The van der Waals surface area contributed by atoms with E-state index in [2.05, 4.69) is 10.2 Å². The number of aromatic amines is 1. The lowest BCUT2D eigenvalue weighted by atomic mass is 10.1. The van der Waals surface area contributed by atoms with Crippen LogP contribution in [0.25, 0.3) is 11.3 Å². The zero-order valence-corrected chi connectivity index (χ0v) is 8.60. The van der Waals surface area contributed by atoms with Crippen molar-refractivity contribution in [2.75, 3.05) is 5.73 Å². The van der Waals surface area contributed by atoms with Crippen LogP contribution in [0.5, 0.6) is 0 Å². The Morgan fingerprint density at radius 2 is 2.07 bits per heavy atom. The molecule has 0 saturated carbocycles. The van der Waals surface area contributed by atoms with Crippen LogP contribution in [0.1, 0.15) is 0 Å². The van der Waals surface area contributed by atoms with Crippen molar-refractivity contribution >= 4 is 28.9 Å². The van der Waals surface area contributed by atoms with Gasteiger partial charge in [-0.1, -0.05) is 35.3 Å². The molecule has 0 spiro atoms. The third kappa shape index (κ3) is 1.45. The molecule has 0 unspecified atom stereocenters. The number of hydrogen-bond acceptors (Lipinski definition) is 2. The minimum atomic E-state index is 0.477. The number of nitrogens with two attached hydrogens (primary N) is 1. The van der Waals surface area contributed by atoms with Gasteiger partial charge in [-0.05, 0) is 6.07 Å². The molecule has 0 aliphatic carbocycles. The van der Waals surface area contributed by atoms with Crippen molar-refractivity contribution in [2.24, 2.45) is 0 Å². The quantitative estimate of drug-likeness (QED) is 0.788. The summed E-state index contributed by atoms with van der Waals surface area (Å²) in [6.45, 7) is 0. The largest absolute Gasteiger partial charge is 0.396 e. The maximum Gasteiger partial charge on any atom is 0.0895 e. The number of nitrogens with zero attached hydrogens (tertiary/aromatic N) is 1. The van der Waals surface area contributed by atoms with Crippen molar-refractivity contribution in [2.45, 2.75) is 0 Å². The molecular formula is C9H7Cl2N3. The van der Waals surface area contributed by atoms with E-state index < -0.39 is 0 Å². The summed E-state index contributed by atoms with van der Waals surface area (Å²) >= 11 is 11.9. The number of nitrogens with one attached hydrogen (secondary N) is 1. The van der Waals surface area contributed by atoms with Crippen LogP contribution in [0.2, 0.25) is 10.0 Å². The zero-order valence-electron chi connectivity index (χ0n) is 7.09. The van der Waals surface area contributed by atoms with E-state index in [0.717, 1.165) is 5.56 Å². The van der Waals surface area contributed by atoms with E-state index in [0.29, 0.717) is 21.4 Å². The van der Waals surface area contributed by atoms with E-state index in [1.807, 2.05) is 12.1 Å². The predicted molar refractivity (Wildman–Crippen MR) is 58.5 cm³/mol. The molecule has 3 nitrogen and oxygen atoms in total. The SMILES string of the molecule is Nc1cn[nH]c1-c1cccc(Cl)c1Cl. The van der Waals surface area contributed by atoms with Gasteiger partial charge in [-0.2, -0.15) is 5.10 Å². The van der Waals surface area contributed by atoms with Crippen LogP contribution in [0.15, 0.2) is 24.4 Å². The molecule has 0 aliphatic heterocycles. The molecule has 5 heteroatoms. The van der Waals surface area contributed by atoms with Gasteiger partial charge in [0, 0.05) is 5.56 Å². The molecule has 0 atom stereocenters. The maximum absolute atomic E-state index is 6.02. The second-order valence-electron chi connectivity index (χ2n) is 2.80. The average molecular weight is 228 g/mol. The molecule has 72 valence electrons. The van der Waals surface area contributed by atoms with Gasteiger partial charge in [-0.3, -0.25) is 5.10 Å². The molecule has 2 aromatic rings. The molecule has 0 amide bonds. The highest BCUT2D eigenvalue weighted by Crippen LogP contribution is 2.34. The summed E-state index contributed by atoms with van der Waals surface area (Å²) < 4.78 is 0. The lowest BCUT2D eigenvalue weighted by molar-refractivity contribution is 1.10. The van der Waals surface area contributed by atoms with Gasteiger partial charge in [-0.15, -0.1) is 0 Å². The van der Waals surface area contributed by atoms with Crippen LogP contribution in [0.4, 0.5) is 5.69 Å². The van der Waals surface area contributed by atoms with Crippen molar-refractivity contribution in [3.63, 3.8) is 0 Å². The summed E-state index contributed by atoms with van der Waals surface area (Å²) in [6.07, 6.45) is 1.53. The highest BCUT2D eigenvalue weighted by Gasteiger charge is 2.10. The second-order valence-corrected chi connectivity index (χ2v) is 3.59. The Hall–Kier alpha value is -1.19. The van der Waals surface area contributed by atoms with Crippen molar-refractivity contribution in [1.29, 1.82) is 0 Å². The van der Waals surface area contributed by atoms with Crippen molar-refractivity contribution in [1.82, 2.24) is 10.2 Å². The highest BCUT2D eigenvalue weighted by atomic mass is 35.5. The number of benzene rings is 1. The number of halogens is 2. The van der Waals surface area contributed by atoms with Crippen LogP contribution in [0, 0.1) is 0 Å². The monoisotopic (exact) mass is 227 g/mol. The molecule has 14 heavy (non-hydrogen) atoms. The van der Waals surface area contributed by atoms with Gasteiger partial charge in [0.05, 0.1) is 27.6 Å². The Morgan fingerprint density at radius 3 is 2.71 bits per heavy atom. The summed E-state index contributed by atoms with van der Waals surface area (Å²) in [4.78, 5) is 0. The summed E-state index contributed by atoms with van der Waals surface area (Å²) in [5, 5.41) is 7.56. The standard InChI is InChI=1S/C9H7Cl2N3/c10-6-3-1-2-5(8(6)11)9-7(12)4-13-14-9/h1-4H,12H2,(H,13,14). The minimum absolute atomic E-state index is 0.477. The van der Waals surface area contributed by atoms with Crippen LogP contribution >= 0.6 is 23.2 Å². The number of hydrogen-bond donors (Lipinski definition) is 2. The first-order valence-corrected chi connectivity index (χ1v) is 4.69. The van der Waals surface area contributed by atoms with Crippen LogP contribution in [-0.4, -0.2) is 10.2 Å². The lowest BCUT2D eigenvalue weighted by Crippen LogP contribution is -1.87. The normalized spacial score (nSPS) is 10.4. The van der Waals surface area contributed by atoms with Crippen molar-refractivity contribution in [3.8, 4) is 11.3 Å². The van der Waals surface area contributed by atoms with Gasteiger partial charge in [0.2, 0.25) is 0 Å². The predicted octanol–water partition coefficient (Wildman–Crippen LogP) is 2.97. The first-order valence-electron chi connectivity index (χ1n) is 3.93. The summed E-state index contributed by atoms with van der Waals surface area (Å²) in [7, 11) is 0. The fraction of sp³-hybridized carbons (Fsp3) is 0. The number of anilines is 1. The molecule has 0 saturated heterocycles. The van der Waals surface area contributed by atoms with Gasteiger partial charge in [0.1, 0.15) is 0 Å². The summed E-state index contributed by atoms with van der Waals surface area (Å²) in [5.74, 6) is 0. The molecule has 0 fully saturated rings. The molecular weight excluding hydrogens is 221 g/mol. The van der Waals surface area contributed by atoms with Crippen molar-refractivity contribution in [3.05, 3.63) is 34.4 Å². The third-order valence-corrected chi connectivity index (χ3v) is 2.71. The van der Waals surface area contributed by atoms with Crippen LogP contribution in [-0.2, 0) is 0 Å². The Kier molecular flexibility index (Phi) is 2.35. The molecule has 1 aromatic heterocycles. The van der Waals surface area contributed by atoms with Gasteiger partial charge in [-0.25, -0.2) is 0 Å². The smallest absolute Gasteiger partial charge is 0.0895 e. The Labute approximate surface area is 90.8 Å². The summed E-state index contributed by atoms with van der Waals surface area (Å²) in [6, 6.07) is 5.36. The number of nitrogen functional groups attached to an aromatic ring is 1. The Bertz CT molecular complexity index is 465. The van der Waals surface area contributed by atoms with Crippen LogP contribution in [0.3, 0.4) is 0 Å². The maximum atomic E-state index is 6.02. The second kappa shape index (κ2) is 3.52. The first kappa shape index (κ1) is 9.37. The van der Waals surface area contributed by atoms with E-state index in [1.165, 1.54) is 6.20 Å². The molecule has 0 bridgehead atoms. The van der Waals surface area contributed by atoms with Gasteiger partial charge in [0.15, 0.2) is 0 Å².